The van der Waals surface area contributed by atoms with Crippen molar-refractivity contribution < 1.29 is 4.74 Å². The summed E-state index contributed by atoms with van der Waals surface area (Å²) in [5.41, 5.74) is 1.38. The van der Waals surface area contributed by atoms with Gasteiger partial charge in [-0.1, -0.05) is 34.8 Å². The van der Waals surface area contributed by atoms with Crippen LogP contribution in [0.1, 0.15) is 37.3 Å². The molecule has 104 valence electrons. The monoisotopic (exact) mass is 323 g/mol. The number of hydrogen-bond acceptors (Lipinski definition) is 2. The molecule has 2 aliphatic rings. The van der Waals surface area contributed by atoms with E-state index < -0.39 is 0 Å². The third-order valence-corrected chi connectivity index (χ3v) is 5.65. The molecule has 0 heterocycles. The van der Waals surface area contributed by atoms with Gasteiger partial charge in [0.15, 0.2) is 0 Å². The number of hydrogen-bond donors (Lipinski definition) is 1. The summed E-state index contributed by atoms with van der Waals surface area (Å²) in [5, 5.41) is 3.54. The molecule has 0 aliphatic heterocycles. The van der Waals surface area contributed by atoms with E-state index in [0.717, 1.165) is 28.0 Å². The van der Waals surface area contributed by atoms with Crippen LogP contribution < -0.4 is 10.1 Å². The van der Waals surface area contributed by atoms with Gasteiger partial charge >= 0.3 is 0 Å². The van der Waals surface area contributed by atoms with Gasteiger partial charge in [0.2, 0.25) is 0 Å². The summed E-state index contributed by atoms with van der Waals surface area (Å²) in [5.74, 6) is 3.66. The van der Waals surface area contributed by atoms with Crippen LogP contribution >= 0.6 is 15.9 Å². The minimum absolute atomic E-state index is 0.480. The highest BCUT2D eigenvalue weighted by Crippen LogP contribution is 2.60. The number of nitrogens with one attached hydrogen (secondary N) is 1. The second-order valence-electron chi connectivity index (χ2n) is 5.84. The van der Waals surface area contributed by atoms with E-state index in [4.69, 9.17) is 4.74 Å². The lowest BCUT2D eigenvalue weighted by atomic mass is 10.00. The molecular formula is C16H22BrNO. The number of ether oxygens (including phenoxy) is 1. The Labute approximate surface area is 124 Å². The SMILES string of the molecule is CNC(c1ccc(OC)cc1Br)C1C2CCCCC21. The number of halogens is 1. The topological polar surface area (TPSA) is 21.3 Å². The lowest BCUT2D eigenvalue weighted by Crippen LogP contribution is -2.20. The number of rotatable bonds is 4. The first-order valence-electron chi connectivity index (χ1n) is 7.27. The molecule has 3 unspecified atom stereocenters. The average molecular weight is 324 g/mol. The van der Waals surface area contributed by atoms with Crippen molar-refractivity contribution in [2.45, 2.75) is 31.7 Å². The fourth-order valence-corrected chi connectivity index (χ4v) is 4.59. The summed E-state index contributed by atoms with van der Waals surface area (Å²) in [6, 6.07) is 6.82. The lowest BCUT2D eigenvalue weighted by Gasteiger charge is -2.19. The molecule has 0 saturated heterocycles. The molecule has 0 spiro atoms. The van der Waals surface area contributed by atoms with Crippen molar-refractivity contribution in [3.05, 3.63) is 28.2 Å². The van der Waals surface area contributed by atoms with E-state index in [9.17, 15) is 0 Å². The quantitative estimate of drug-likeness (QED) is 0.898. The number of benzene rings is 1. The van der Waals surface area contributed by atoms with E-state index in [1.165, 1.54) is 31.2 Å². The molecule has 3 atom stereocenters. The lowest BCUT2D eigenvalue weighted by molar-refractivity contribution is 0.413. The maximum atomic E-state index is 5.28. The first-order valence-corrected chi connectivity index (χ1v) is 8.06. The van der Waals surface area contributed by atoms with Crippen LogP contribution in [0.2, 0.25) is 0 Å². The van der Waals surface area contributed by atoms with Crippen molar-refractivity contribution in [2.24, 2.45) is 17.8 Å². The number of methoxy groups -OCH3 is 1. The number of fused-ring (bicyclic) bond motifs is 1. The summed E-state index contributed by atoms with van der Waals surface area (Å²) in [6.07, 6.45) is 5.72. The highest BCUT2D eigenvalue weighted by Gasteiger charge is 2.54. The van der Waals surface area contributed by atoms with Crippen molar-refractivity contribution >= 4 is 15.9 Å². The van der Waals surface area contributed by atoms with Crippen molar-refractivity contribution in [1.82, 2.24) is 5.32 Å². The fourth-order valence-electron chi connectivity index (χ4n) is 3.98. The summed E-state index contributed by atoms with van der Waals surface area (Å²) in [7, 11) is 3.80. The smallest absolute Gasteiger partial charge is 0.120 e. The summed E-state index contributed by atoms with van der Waals surface area (Å²) >= 11 is 3.70. The molecule has 0 amide bonds. The summed E-state index contributed by atoms with van der Waals surface area (Å²) in [4.78, 5) is 0. The van der Waals surface area contributed by atoms with Gasteiger partial charge in [0.25, 0.3) is 0 Å². The van der Waals surface area contributed by atoms with Gasteiger partial charge in [-0.15, -0.1) is 0 Å². The zero-order chi connectivity index (χ0) is 13.4. The van der Waals surface area contributed by atoms with Crippen LogP contribution in [0.4, 0.5) is 0 Å². The third-order valence-electron chi connectivity index (χ3n) is 4.96. The summed E-state index contributed by atoms with van der Waals surface area (Å²) < 4.78 is 6.45. The minimum Gasteiger partial charge on any atom is -0.497 e. The summed E-state index contributed by atoms with van der Waals surface area (Å²) in [6.45, 7) is 0. The van der Waals surface area contributed by atoms with E-state index >= 15 is 0 Å². The van der Waals surface area contributed by atoms with Crippen LogP contribution in [0.3, 0.4) is 0 Å². The largest absolute Gasteiger partial charge is 0.497 e. The van der Waals surface area contributed by atoms with E-state index in [1.54, 1.807) is 7.11 Å². The van der Waals surface area contributed by atoms with Crippen LogP contribution in [0, 0.1) is 17.8 Å². The van der Waals surface area contributed by atoms with Gasteiger partial charge in [0.1, 0.15) is 5.75 Å². The highest BCUT2D eigenvalue weighted by atomic mass is 79.9. The predicted octanol–water partition coefficient (Wildman–Crippen LogP) is 4.15. The molecule has 19 heavy (non-hydrogen) atoms. The van der Waals surface area contributed by atoms with Crippen molar-refractivity contribution in [1.29, 1.82) is 0 Å². The Morgan fingerprint density at radius 2 is 1.95 bits per heavy atom. The van der Waals surface area contributed by atoms with Gasteiger partial charge in [-0.2, -0.15) is 0 Å². The van der Waals surface area contributed by atoms with Crippen LogP contribution in [0.25, 0.3) is 0 Å². The molecule has 0 aromatic heterocycles. The average Bonchev–Trinajstić information content (AvgIpc) is 3.16. The van der Waals surface area contributed by atoms with Crippen LogP contribution in [-0.4, -0.2) is 14.2 Å². The Kier molecular flexibility index (Phi) is 3.86. The Balaban J connectivity index is 1.83. The Morgan fingerprint density at radius 1 is 1.26 bits per heavy atom. The zero-order valence-electron chi connectivity index (χ0n) is 11.7. The molecule has 1 aromatic carbocycles. The molecule has 2 fully saturated rings. The van der Waals surface area contributed by atoms with Gasteiger partial charge in [0.05, 0.1) is 7.11 Å². The minimum atomic E-state index is 0.480. The predicted molar refractivity (Wildman–Crippen MR) is 81.4 cm³/mol. The molecule has 3 rings (SSSR count). The second kappa shape index (κ2) is 5.45. The highest BCUT2D eigenvalue weighted by molar-refractivity contribution is 9.10. The van der Waals surface area contributed by atoms with E-state index in [-0.39, 0.29) is 0 Å². The maximum absolute atomic E-state index is 5.28. The molecule has 1 aromatic rings. The molecule has 2 aliphatic carbocycles. The molecule has 2 nitrogen and oxygen atoms in total. The van der Waals surface area contributed by atoms with Gasteiger partial charge in [-0.05, 0) is 55.3 Å². The van der Waals surface area contributed by atoms with Crippen molar-refractivity contribution in [3.63, 3.8) is 0 Å². The first-order chi connectivity index (χ1) is 9.26. The molecule has 0 bridgehead atoms. The van der Waals surface area contributed by atoms with Gasteiger partial charge in [-0.3, -0.25) is 0 Å². The van der Waals surface area contributed by atoms with Crippen LogP contribution in [0.15, 0.2) is 22.7 Å². The van der Waals surface area contributed by atoms with Gasteiger partial charge in [0, 0.05) is 10.5 Å². The van der Waals surface area contributed by atoms with Gasteiger partial charge in [-0.25, -0.2) is 0 Å². The van der Waals surface area contributed by atoms with Crippen molar-refractivity contribution in [3.8, 4) is 5.75 Å². The maximum Gasteiger partial charge on any atom is 0.120 e. The zero-order valence-corrected chi connectivity index (χ0v) is 13.2. The third kappa shape index (κ3) is 2.43. The Hall–Kier alpha value is -0.540. The second-order valence-corrected chi connectivity index (χ2v) is 6.70. The van der Waals surface area contributed by atoms with E-state index in [2.05, 4.69) is 46.5 Å². The van der Waals surface area contributed by atoms with Crippen LogP contribution in [0.5, 0.6) is 5.75 Å². The standard InChI is InChI=1S/C16H22BrNO/c1-18-16(15-11-5-3-4-6-12(11)15)13-8-7-10(19-2)9-14(13)17/h7-9,11-12,15-16,18H,3-6H2,1-2H3. The van der Waals surface area contributed by atoms with E-state index in [0.29, 0.717) is 6.04 Å². The van der Waals surface area contributed by atoms with Crippen molar-refractivity contribution in [2.75, 3.05) is 14.2 Å². The molecule has 2 saturated carbocycles. The van der Waals surface area contributed by atoms with Gasteiger partial charge < -0.3 is 10.1 Å². The van der Waals surface area contributed by atoms with E-state index in [1.807, 2.05) is 0 Å². The van der Waals surface area contributed by atoms with Crippen LogP contribution in [-0.2, 0) is 0 Å². The molecule has 3 heteroatoms. The Bertz CT molecular complexity index is 450. The normalized spacial score (nSPS) is 30.6. The molecule has 0 radical (unpaired) electrons. The Morgan fingerprint density at radius 3 is 2.47 bits per heavy atom. The molecule has 1 N–H and O–H groups in total. The fraction of sp³-hybridized carbons (Fsp3) is 0.625. The molecular weight excluding hydrogens is 302 g/mol. The first kappa shape index (κ1) is 13.4.